The van der Waals surface area contributed by atoms with E-state index in [1.807, 2.05) is 6.08 Å². The molecule has 1 aliphatic heterocycles. The number of nitrogens with zero attached hydrogens (tertiary/aromatic N) is 1. The Morgan fingerprint density at radius 3 is 2.33 bits per heavy atom. The SMILES string of the molecule is CC(=O)OC/C=C/CCCN1C(=O)c2ccccc2C1=O. The van der Waals surface area contributed by atoms with Gasteiger partial charge in [0.25, 0.3) is 11.8 Å². The zero-order valence-corrected chi connectivity index (χ0v) is 11.9. The Morgan fingerprint density at radius 1 is 1.14 bits per heavy atom. The molecule has 0 radical (unpaired) electrons. The average Bonchev–Trinajstić information content (AvgIpc) is 2.71. The molecule has 0 aliphatic carbocycles. The van der Waals surface area contributed by atoms with Crippen molar-refractivity contribution in [3.63, 3.8) is 0 Å². The van der Waals surface area contributed by atoms with Gasteiger partial charge in [0.15, 0.2) is 0 Å². The van der Waals surface area contributed by atoms with Crippen molar-refractivity contribution >= 4 is 17.8 Å². The minimum atomic E-state index is -0.314. The Balaban J connectivity index is 1.79. The van der Waals surface area contributed by atoms with Gasteiger partial charge in [-0.1, -0.05) is 24.3 Å². The van der Waals surface area contributed by atoms with E-state index in [9.17, 15) is 14.4 Å². The summed E-state index contributed by atoms with van der Waals surface area (Å²) in [7, 11) is 0. The first-order valence-corrected chi connectivity index (χ1v) is 6.85. The van der Waals surface area contributed by atoms with Crippen LogP contribution in [0.5, 0.6) is 0 Å². The quantitative estimate of drug-likeness (QED) is 0.348. The lowest BCUT2D eigenvalue weighted by Gasteiger charge is -2.12. The molecule has 1 aromatic carbocycles. The van der Waals surface area contributed by atoms with Crippen molar-refractivity contribution in [2.24, 2.45) is 0 Å². The second kappa shape index (κ2) is 6.83. The predicted octanol–water partition coefficient (Wildman–Crippen LogP) is 2.18. The lowest BCUT2D eigenvalue weighted by atomic mass is 10.1. The van der Waals surface area contributed by atoms with Gasteiger partial charge in [0.2, 0.25) is 0 Å². The van der Waals surface area contributed by atoms with E-state index < -0.39 is 0 Å². The maximum atomic E-state index is 12.1. The minimum Gasteiger partial charge on any atom is -0.462 e. The number of rotatable bonds is 6. The summed E-state index contributed by atoms with van der Waals surface area (Å²) in [6.07, 6.45) is 5.03. The van der Waals surface area contributed by atoms with Gasteiger partial charge in [-0.05, 0) is 25.0 Å². The molecule has 5 heteroatoms. The van der Waals surface area contributed by atoms with Crippen LogP contribution in [-0.2, 0) is 9.53 Å². The number of benzene rings is 1. The van der Waals surface area contributed by atoms with Crippen LogP contribution >= 0.6 is 0 Å². The van der Waals surface area contributed by atoms with E-state index in [4.69, 9.17) is 4.74 Å². The number of carbonyl (C=O) groups excluding carboxylic acids is 3. The molecule has 110 valence electrons. The van der Waals surface area contributed by atoms with E-state index in [0.717, 1.165) is 0 Å². The molecule has 21 heavy (non-hydrogen) atoms. The number of imide groups is 1. The number of esters is 1. The zero-order chi connectivity index (χ0) is 15.2. The van der Waals surface area contributed by atoms with Crippen molar-refractivity contribution in [1.82, 2.24) is 4.90 Å². The monoisotopic (exact) mass is 287 g/mol. The standard InChI is InChI=1S/C16H17NO4/c1-12(18)21-11-7-3-2-6-10-17-15(19)13-8-4-5-9-14(13)16(17)20/h3-5,7-9H,2,6,10-11H2,1H3/b7-3+. The van der Waals surface area contributed by atoms with Crippen molar-refractivity contribution in [3.8, 4) is 0 Å². The van der Waals surface area contributed by atoms with Gasteiger partial charge >= 0.3 is 5.97 Å². The highest BCUT2D eigenvalue weighted by molar-refractivity contribution is 6.21. The second-order valence-corrected chi connectivity index (χ2v) is 4.72. The minimum absolute atomic E-state index is 0.223. The summed E-state index contributed by atoms with van der Waals surface area (Å²) in [4.78, 5) is 36.0. The highest BCUT2D eigenvalue weighted by Crippen LogP contribution is 2.22. The molecule has 0 N–H and O–H groups in total. The van der Waals surface area contributed by atoms with Crippen molar-refractivity contribution in [2.45, 2.75) is 19.8 Å². The van der Waals surface area contributed by atoms with Crippen LogP contribution < -0.4 is 0 Å². The maximum Gasteiger partial charge on any atom is 0.302 e. The molecule has 0 saturated heterocycles. The molecule has 0 spiro atoms. The molecule has 1 aliphatic rings. The van der Waals surface area contributed by atoms with E-state index in [1.54, 1.807) is 30.3 Å². The van der Waals surface area contributed by atoms with Gasteiger partial charge in [0.05, 0.1) is 11.1 Å². The van der Waals surface area contributed by atoms with E-state index in [2.05, 4.69) is 0 Å². The van der Waals surface area contributed by atoms with Crippen LogP contribution in [0.3, 0.4) is 0 Å². The van der Waals surface area contributed by atoms with Gasteiger partial charge in [-0.2, -0.15) is 0 Å². The van der Waals surface area contributed by atoms with Crippen molar-refractivity contribution in [3.05, 3.63) is 47.5 Å². The number of hydrogen-bond acceptors (Lipinski definition) is 4. The lowest BCUT2D eigenvalue weighted by Crippen LogP contribution is -2.30. The topological polar surface area (TPSA) is 63.7 Å². The molecule has 0 atom stereocenters. The maximum absolute atomic E-state index is 12.1. The molecule has 0 fully saturated rings. The zero-order valence-electron chi connectivity index (χ0n) is 11.9. The molecular formula is C16H17NO4. The summed E-state index contributed by atoms with van der Waals surface area (Å²) >= 11 is 0. The van der Waals surface area contributed by atoms with Gasteiger partial charge in [-0.25, -0.2) is 0 Å². The molecule has 1 heterocycles. The first-order valence-electron chi connectivity index (χ1n) is 6.85. The van der Waals surface area contributed by atoms with Crippen LogP contribution in [0.15, 0.2) is 36.4 Å². The Bertz CT molecular complexity index is 557. The van der Waals surface area contributed by atoms with Crippen LogP contribution in [0, 0.1) is 0 Å². The molecule has 1 aromatic rings. The Labute approximate surface area is 123 Å². The van der Waals surface area contributed by atoms with Crippen LogP contribution in [-0.4, -0.2) is 35.8 Å². The largest absolute Gasteiger partial charge is 0.462 e. The highest BCUT2D eigenvalue weighted by atomic mass is 16.5. The van der Waals surface area contributed by atoms with Gasteiger partial charge in [0, 0.05) is 13.5 Å². The lowest BCUT2D eigenvalue weighted by molar-refractivity contribution is -0.139. The van der Waals surface area contributed by atoms with Crippen LogP contribution in [0.2, 0.25) is 0 Å². The molecule has 2 rings (SSSR count). The average molecular weight is 287 g/mol. The molecule has 0 unspecified atom stereocenters. The summed E-state index contributed by atoms with van der Waals surface area (Å²) in [5.41, 5.74) is 0.959. The Kier molecular flexibility index (Phi) is 4.87. The number of hydrogen-bond donors (Lipinski definition) is 0. The number of amides is 2. The van der Waals surface area contributed by atoms with Crippen LogP contribution in [0.4, 0.5) is 0 Å². The number of ether oxygens (including phenoxy) is 1. The summed E-state index contributed by atoms with van der Waals surface area (Å²) < 4.78 is 4.75. The predicted molar refractivity (Wildman–Crippen MR) is 76.8 cm³/mol. The van der Waals surface area contributed by atoms with E-state index >= 15 is 0 Å². The van der Waals surface area contributed by atoms with E-state index in [1.165, 1.54) is 11.8 Å². The fourth-order valence-corrected chi connectivity index (χ4v) is 2.16. The third kappa shape index (κ3) is 3.56. The summed E-state index contributed by atoms with van der Waals surface area (Å²) in [5, 5.41) is 0. The number of fused-ring (bicyclic) bond motifs is 1. The molecular weight excluding hydrogens is 270 g/mol. The first kappa shape index (κ1) is 15.0. The summed E-state index contributed by atoms with van der Waals surface area (Å²) in [6, 6.07) is 6.86. The number of carbonyl (C=O) groups is 3. The smallest absolute Gasteiger partial charge is 0.302 e. The second-order valence-electron chi connectivity index (χ2n) is 4.72. The third-order valence-corrected chi connectivity index (χ3v) is 3.18. The van der Waals surface area contributed by atoms with Gasteiger partial charge in [-0.15, -0.1) is 0 Å². The normalized spacial score (nSPS) is 13.9. The van der Waals surface area contributed by atoms with E-state index in [0.29, 0.717) is 30.5 Å². The van der Waals surface area contributed by atoms with Crippen molar-refractivity contribution in [1.29, 1.82) is 0 Å². The van der Waals surface area contributed by atoms with Gasteiger partial charge in [0.1, 0.15) is 6.61 Å². The Morgan fingerprint density at radius 2 is 1.76 bits per heavy atom. The molecule has 0 bridgehead atoms. The van der Waals surface area contributed by atoms with Crippen molar-refractivity contribution in [2.75, 3.05) is 13.2 Å². The molecule has 2 amide bonds. The van der Waals surface area contributed by atoms with E-state index in [-0.39, 0.29) is 24.4 Å². The van der Waals surface area contributed by atoms with Gasteiger partial charge < -0.3 is 4.74 Å². The third-order valence-electron chi connectivity index (χ3n) is 3.18. The number of unbranched alkanes of at least 4 members (excludes halogenated alkanes) is 1. The van der Waals surface area contributed by atoms with Crippen molar-refractivity contribution < 1.29 is 19.1 Å². The molecule has 0 aromatic heterocycles. The Hall–Kier alpha value is -2.43. The summed E-state index contributed by atoms with van der Waals surface area (Å²) in [6.45, 7) is 2.00. The van der Waals surface area contributed by atoms with Gasteiger partial charge in [-0.3, -0.25) is 19.3 Å². The fraction of sp³-hybridized carbons (Fsp3) is 0.312. The number of allylic oxidation sites excluding steroid dienone is 1. The first-order chi connectivity index (χ1) is 10.1. The van der Waals surface area contributed by atoms with Crippen LogP contribution in [0.1, 0.15) is 40.5 Å². The fourth-order valence-electron chi connectivity index (χ4n) is 2.16. The molecule has 0 saturated carbocycles. The molecule has 5 nitrogen and oxygen atoms in total. The van der Waals surface area contributed by atoms with Crippen LogP contribution in [0.25, 0.3) is 0 Å². The summed E-state index contributed by atoms with van der Waals surface area (Å²) in [5.74, 6) is -0.760. The highest BCUT2D eigenvalue weighted by Gasteiger charge is 2.34.